The number of hydrogen-bond acceptors (Lipinski definition) is 12. The second-order valence-electron chi connectivity index (χ2n) is 10.3. The summed E-state index contributed by atoms with van der Waals surface area (Å²) >= 11 is 1.79. The number of aromatic nitrogens is 4. The van der Waals surface area contributed by atoms with E-state index in [9.17, 15) is 9.59 Å². The number of carbonyl (C=O) groups is 1. The van der Waals surface area contributed by atoms with Gasteiger partial charge in [-0.25, -0.2) is 9.65 Å². The fourth-order valence-corrected chi connectivity index (χ4v) is 5.89. The van der Waals surface area contributed by atoms with E-state index in [2.05, 4.69) is 58.7 Å². The van der Waals surface area contributed by atoms with Gasteiger partial charge in [0.05, 0.1) is 58.5 Å². The van der Waals surface area contributed by atoms with Gasteiger partial charge < -0.3 is 26.3 Å². The number of amides is 1. The van der Waals surface area contributed by atoms with E-state index in [1.54, 1.807) is 48.5 Å². The Bertz CT molecular complexity index is 1210. The average Bonchev–Trinajstić information content (AvgIpc) is 3.37. The molecule has 0 bridgehead atoms. The summed E-state index contributed by atoms with van der Waals surface area (Å²) < 4.78 is 38.8. The van der Waals surface area contributed by atoms with Crippen LogP contribution in [0.25, 0.3) is 11.2 Å². The van der Waals surface area contributed by atoms with E-state index in [-0.39, 0.29) is 73.9 Å². The van der Waals surface area contributed by atoms with Gasteiger partial charge in [0, 0.05) is 25.1 Å². The molecule has 0 aromatic carbocycles. The lowest BCUT2D eigenvalue weighted by molar-refractivity contribution is -0.118. The number of H-pyrrole nitrogens is 1. The molecule has 17 heteroatoms. The topological polar surface area (TPSA) is 175 Å². The molecule has 0 aliphatic heterocycles. The van der Waals surface area contributed by atoms with Gasteiger partial charge >= 0.3 is 0 Å². The lowest BCUT2D eigenvalue weighted by Crippen LogP contribution is -2.35. The summed E-state index contributed by atoms with van der Waals surface area (Å²) in [4.78, 5) is 36.3. The Morgan fingerprint density at radius 2 is 1.86 bits per heavy atom. The first-order chi connectivity index (χ1) is 20.5. The molecule has 15 nitrogen and oxygen atoms in total. The largest absolute Gasteiger partial charge is 0.382 e. The molecular weight excluding hydrogens is 696 g/mol. The number of fused-ring (bicyclic) bond motifs is 1. The minimum atomic E-state index is -1.52. The summed E-state index contributed by atoms with van der Waals surface area (Å²) in [6.07, 6.45) is 0.273. The fourth-order valence-electron chi connectivity index (χ4n) is 3.85. The van der Waals surface area contributed by atoms with Crippen molar-refractivity contribution in [1.82, 2.24) is 24.2 Å². The standard InChI is InChI=1S/C26H43IN7O8P/c1-17(2)24(35)31-26-30-23-22(25(36)32-26)29-16-33(23)21(15-38-12-11-37-7)42-20(13-39-27)14-41-43(40-10-8-9-28)34(18(3)4)19(5)6/h16-21H,8,10-15H2,1-7H3,(H2,30,31,32,35,36). The molecule has 2 heterocycles. The minimum Gasteiger partial charge on any atom is -0.382 e. The molecule has 2 rings (SSSR count). The number of methoxy groups -OCH3 is 1. The summed E-state index contributed by atoms with van der Waals surface area (Å²) in [5.41, 5.74) is -0.240. The summed E-state index contributed by atoms with van der Waals surface area (Å²) in [6, 6.07) is 2.35. The van der Waals surface area contributed by atoms with E-state index in [1.165, 1.54) is 6.33 Å². The summed E-state index contributed by atoms with van der Waals surface area (Å²) in [5.74, 6) is -0.622. The van der Waals surface area contributed by atoms with Gasteiger partial charge in [0.2, 0.25) is 11.9 Å². The predicted octanol–water partition coefficient (Wildman–Crippen LogP) is 3.92. The molecule has 3 unspecified atom stereocenters. The number of carbonyl (C=O) groups excluding carboxylic acids is 1. The first-order valence-electron chi connectivity index (χ1n) is 14.0. The SMILES string of the molecule is COCCOCC(OC(COI)COP(OCCC#N)N(C(C)C)C(C)C)n1cnc2c(=O)[nH]c(NC(=O)C(C)C)nc21. The Kier molecular flexibility index (Phi) is 17.0. The van der Waals surface area contributed by atoms with Crippen LogP contribution in [-0.2, 0) is 31.1 Å². The number of aromatic amines is 1. The van der Waals surface area contributed by atoms with E-state index >= 15 is 0 Å². The third-order valence-corrected chi connectivity index (χ3v) is 8.27. The van der Waals surface area contributed by atoms with Crippen molar-refractivity contribution in [2.24, 2.45) is 5.92 Å². The summed E-state index contributed by atoms with van der Waals surface area (Å²) in [7, 11) is 0.0575. The summed E-state index contributed by atoms with van der Waals surface area (Å²) in [5, 5.41) is 11.6. The van der Waals surface area contributed by atoms with Gasteiger partial charge in [-0.3, -0.25) is 24.5 Å². The van der Waals surface area contributed by atoms with Crippen LogP contribution in [0.15, 0.2) is 11.1 Å². The van der Waals surface area contributed by atoms with Crippen molar-refractivity contribution in [3.05, 3.63) is 16.7 Å². The minimum absolute atomic E-state index is 0.00454. The summed E-state index contributed by atoms with van der Waals surface area (Å²) in [6.45, 7) is 12.9. The molecule has 0 aliphatic carbocycles. The first-order valence-corrected chi connectivity index (χ1v) is 16.0. The van der Waals surface area contributed by atoms with Crippen LogP contribution in [0.2, 0.25) is 0 Å². The smallest absolute Gasteiger partial charge is 0.280 e. The number of nitrogens with zero attached hydrogens (tertiary/aromatic N) is 5. The van der Waals surface area contributed by atoms with Gasteiger partial charge in [-0.15, -0.1) is 0 Å². The van der Waals surface area contributed by atoms with E-state index in [0.717, 1.165) is 0 Å². The Balaban J connectivity index is 2.38. The van der Waals surface area contributed by atoms with Crippen LogP contribution in [0.5, 0.6) is 0 Å². The second-order valence-corrected chi connectivity index (χ2v) is 12.4. The van der Waals surface area contributed by atoms with Crippen LogP contribution < -0.4 is 10.9 Å². The Hall–Kier alpha value is -1.81. The van der Waals surface area contributed by atoms with E-state index in [0.29, 0.717) is 13.2 Å². The van der Waals surface area contributed by atoms with Crippen molar-refractivity contribution in [3.8, 4) is 6.07 Å². The molecule has 3 atom stereocenters. The number of rotatable bonds is 21. The molecule has 0 spiro atoms. The van der Waals surface area contributed by atoms with Crippen LogP contribution in [-0.4, -0.2) is 95.0 Å². The maximum absolute atomic E-state index is 12.8. The van der Waals surface area contributed by atoms with E-state index < -0.39 is 26.4 Å². The molecule has 242 valence electrons. The van der Waals surface area contributed by atoms with Crippen molar-refractivity contribution in [1.29, 1.82) is 5.26 Å². The number of anilines is 1. The monoisotopic (exact) mass is 739 g/mol. The van der Waals surface area contributed by atoms with Crippen LogP contribution in [0.3, 0.4) is 0 Å². The molecule has 2 N–H and O–H groups in total. The first kappa shape index (κ1) is 37.4. The van der Waals surface area contributed by atoms with Gasteiger partial charge in [-0.2, -0.15) is 10.2 Å². The molecular formula is C26H43IN7O8P. The van der Waals surface area contributed by atoms with E-state index in [4.69, 9.17) is 31.6 Å². The normalized spacial score (nSPS) is 14.1. The van der Waals surface area contributed by atoms with Gasteiger partial charge in [-0.1, -0.05) is 13.8 Å². The predicted molar refractivity (Wildman–Crippen MR) is 169 cm³/mol. The van der Waals surface area contributed by atoms with Crippen LogP contribution in [0, 0.1) is 17.2 Å². The molecule has 0 aliphatic rings. The third kappa shape index (κ3) is 11.9. The van der Waals surface area contributed by atoms with Gasteiger partial charge in [0.15, 0.2) is 17.4 Å². The molecule has 43 heavy (non-hydrogen) atoms. The quantitative estimate of drug-likeness (QED) is 0.107. The Morgan fingerprint density at radius 3 is 2.47 bits per heavy atom. The fraction of sp³-hybridized carbons (Fsp3) is 0.731. The number of halogens is 1. The molecule has 0 radical (unpaired) electrons. The Morgan fingerprint density at radius 1 is 1.14 bits per heavy atom. The van der Waals surface area contributed by atoms with Crippen LogP contribution >= 0.6 is 31.5 Å². The number of nitrogens with one attached hydrogen (secondary N) is 2. The highest BCUT2D eigenvalue weighted by Gasteiger charge is 2.30. The number of nitriles is 1. The van der Waals surface area contributed by atoms with Crippen molar-refractivity contribution < 1.29 is 31.1 Å². The highest BCUT2D eigenvalue weighted by Crippen LogP contribution is 2.46. The molecule has 0 saturated heterocycles. The highest BCUT2D eigenvalue weighted by molar-refractivity contribution is 14.1. The second kappa shape index (κ2) is 19.6. The van der Waals surface area contributed by atoms with Crippen molar-refractivity contribution in [2.45, 2.75) is 72.4 Å². The van der Waals surface area contributed by atoms with Gasteiger partial charge in [0.25, 0.3) is 14.1 Å². The average molecular weight is 740 g/mol. The maximum Gasteiger partial charge on any atom is 0.280 e. The molecule has 0 fully saturated rings. The van der Waals surface area contributed by atoms with Crippen LogP contribution in [0.4, 0.5) is 5.95 Å². The molecule has 0 saturated carbocycles. The lowest BCUT2D eigenvalue weighted by Gasteiger charge is -2.36. The molecule has 2 aromatic rings. The highest BCUT2D eigenvalue weighted by atomic mass is 127. The van der Waals surface area contributed by atoms with Gasteiger partial charge in [-0.05, 0) is 27.7 Å². The molecule has 1 amide bonds. The number of hydrogen-bond donors (Lipinski definition) is 2. The molecule has 2 aromatic heterocycles. The zero-order valence-electron chi connectivity index (χ0n) is 25.7. The zero-order chi connectivity index (χ0) is 31.9. The number of ether oxygens (including phenoxy) is 3. The zero-order valence-corrected chi connectivity index (χ0v) is 28.8. The lowest BCUT2D eigenvalue weighted by atomic mass is 10.2. The van der Waals surface area contributed by atoms with Crippen LogP contribution in [0.1, 0.15) is 54.2 Å². The van der Waals surface area contributed by atoms with Gasteiger partial charge in [0.1, 0.15) is 29.1 Å². The van der Waals surface area contributed by atoms with Crippen molar-refractivity contribution >= 4 is 54.6 Å². The maximum atomic E-state index is 12.8. The number of imidazole rings is 1. The van der Waals surface area contributed by atoms with Crippen molar-refractivity contribution in [2.75, 3.05) is 52.1 Å². The Labute approximate surface area is 267 Å². The van der Waals surface area contributed by atoms with Crippen molar-refractivity contribution in [3.63, 3.8) is 0 Å². The van der Waals surface area contributed by atoms with E-state index in [1.807, 2.05) is 0 Å². The third-order valence-electron chi connectivity index (χ3n) is 5.83.